The molecule has 6 nitrogen and oxygen atoms in total. The van der Waals surface area contributed by atoms with Crippen LogP contribution in [0, 0.1) is 0 Å². The second kappa shape index (κ2) is 9.30. The molecule has 0 unspecified atom stereocenters. The lowest BCUT2D eigenvalue weighted by atomic mass is 10.0. The molecule has 0 aliphatic carbocycles. The number of anilines is 1. The third-order valence-electron chi connectivity index (χ3n) is 4.29. The van der Waals surface area contributed by atoms with Crippen molar-refractivity contribution in [3.63, 3.8) is 0 Å². The smallest absolute Gasteiger partial charge is 0.250 e. The molecule has 2 aromatic heterocycles. The zero-order valence-corrected chi connectivity index (χ0v) is 16.7. The van der Waals surface area contributed by atoms with E-state index >= 15 is 0 Å². The van der Waals surface area contributed by atoms with Gasteiger partial charge in [0.25, 0.3) is 0 Å². The van der Waals surface area contributed by atoms with E-state index in [-0.39, 0.29) is 24.9 Å². The van der Waals surface area contributed by atoms with Gasteiger partial charge in [-0.15, -0.1) is 11.3 Å². The van der Waals surface area contributed by atoms with Crippen molar-refractivity contribution < 1.29 is 18.8 Å². The van der Waals surface area contributed by atoms with Gasteiger partial charge < -0.3 is 14.6 Å². The Balaban J connectivity index is 1.34. The number of hydrogen-bond donors (Lipinski definition) is 1. The summed E-state index contributed by atoms with van der Waals surface area (Å²) >= 11 is 1.56. The van der Waals surface area contributed by atoms with Crippen LogP contribution in [-0.4, -0.2) is 23.5 Å². The summed E-state index contributed by atoms with van der Waals surface area (Å²) in [4.78, 5) is 26.0. The minimum absolute atomic E-state index is 0.146. The lowest BCUT2D eigenvalue weighted by molar-refractivity contribution is -0.121. The molecule has 0 bridgehead atoms. The molecule has 150 valence electrons. The maximum absolute atomic E-state index is 12.7. The van der Waals surface area contributed by atoms with Crippen LogP contribution in [0.15, 0.2) is 82.7 Å². The minimum atomic E-state index is -0.356. The van der Waals surface area contributed by atoms with Gasteiger partial charge in [-0.1, -0.05) is 53.7 Å². The topological polar surface area (TPSA) is 81.4 Å². The van der Waals surface area contributed by atoms with Crippen molar-refractivity contribution in [1.82, 2.24) is 5.16 Å². The monoisotopic (exact) mass is 418 g/mol. The number of thiophene rings is 1. The molecule has 1 N–H and O–H groups in total. The van der Waals surface area contributed by atoms with Crippen LogP contribution in [0.1, 0.15) is 21.6 Å². The highest BCUT2D eigenvalue weighted by Crippen LogP contribution is 2.25. The molecular formula is C23H18N2O4S. The average molecular weight is 418 g/mol. The Morgan fingerprint density at radius 2 is 1.80 bits per heavy atom. The zero-order valence-electron chi connectivity index (χ0n) is 15.9. The standard InChI is InChI=1S/C23H18N2O4S/c26-22(15-28-14-17-13-20(29-25-17)21-11-6-12-30-21)24-19-10-5-4-9-18(19)23(27)16-7-2-1-3-8-16/h1-13H,14-15H2,(H,24,26). The molecule has 1 amide bonds. The maximum Gasteiger partial charge on any atom is 0.250 e. The van der Waals surface area contributed by atoms with Crippen LogP contribution in [0.3, 0.4) is 0 Å². The molecule has 0 saturated carbocycles. The fourth-order valence-corrected chi connectivity index (χ4v) is 3.56. The highest BCUT2D eigenvalue weighted by atomic mass is 32.1. The number of carbonyl (C=O) groups excluding carboxylic acids is 2. The van der Waals surface area contributed by atoms with Crippen LogP contribution in [0.5, 0.6) is 0 Å². The Labute approximate surface area is 177 Å². The van der Waals surface area contributed by atoms with Gasteiger partial charge in [-0.25, -0.2) is 0 Å². The summed E-state index contributed by atoms with van der Waals surface area (Å²) in [5.74, 6) is 0.155. The number of para-hydroxylation sites is 1. The third kappa shape index (κ3) is 4.71. The normalized spacial score (nSPS) is 10.7. The second-order valence-corrected chi connectivity index (χ2v) is 7.39. The summed E-state index contributed by atoms with van der Waals surface area (Å²) in [6.45, 7) is -0.0258. The van der Waals surface area contributed by atoms with Crippen molar-refractivity contribution in [1.29, 1.82) is 0 Å². The Kier molecular flexibility index (Phi) is 6.12. The van der Waals surface area contributed by atoms with Crippen LogP contribution < -0.4 is 5.32 Å². The van der Waals surface area contributed by atoms with E-state index < -0.39 is 0 Å². The third-order valence-corrected chi connectivity index (χ3v) is 5.17. The number of benzene rings is 2. The van der Waals surface area contributed by atoms with Gasteiger partial charge in [0.2, 0.25) is 5.91 Å². The molecule has 2 heterocycles. The fourth-order valence-electron chi connectivity index (χ4n) is 2.88. The number of nitrogens with zero attached hydrogens (tertiary/aromatic N) is 1. The van der Waals surface area contributed by atoms with Crippen molar-refractivity contribution in [3.05, 3.63) is 95.0 Å². The first-order chi connectivity index (χ1) is 14.7. The number of nitrogens with one attached hydrogen (secondary N) is 1. The first-order valence-corrected chi connectivity index (χ1v) is 10.1. The summed E-state index contributed by atoms with van der Waals surface area (Å²) in [7, 11) is 0. The van der Waals surface area contributed by atoms with E-state index in [4.69, 9.17) is 9.26 Å². The second-order valence-electron chi connectivity index (χ2n) is 6.44. The number of rotatable bonds is 8. The van der Waals surface area contributed by atoms with Gasteiger partial charge in [-0.2, -0.15) is 0 Å². The summed E-state index contributed by atoms with van der Waals surface area (Å²) in [6, 6.07) is 21.5. The Bertz CT molecular complexity index is 1140. The van der Waals surface area contributed by atoms with E-state index in [0.717, 1.165) is 4.88 Å². The Hall–Kier alpha value is -3.55. The molecule has 2 aromatic carbocycles. The van der Waals surface area contributed by atoms with Crippen molar-refractivity contribution in [2.24, 2.45) is 0 Å². The Morgan fingerprint density at radius 3 is 2.60 bits per heavy atom. The van der Waals surface area contributed by atoms with Crippen molar-refractivity contribution in [3.8, 4) is 10.6 Å². The molecule has 0 aliphatic heterocycles. The van der Waals surface area contributed by atoms with E-state index in [0.29, 0.717) is 28.3 Å². The van der Waals surface area contributed by atoms with Gasteiger partial charge in [-0.05, 0) is 23.6 Å². The summed E-state index contributed by atoms with van der Waals surface area (Å²) < 4.78 is 10.7. The molecule has 4 rings (SSSR count). The van der Waals surface area contributed by atoms with Crippen LogP contribution in [0.25, 0.3) is 10.6 Å². The van der Waals surface area contributed by atoms with Crippen molar-refractivity contribution in [2.75, 3.05) is 11.9 Å². The maximum atomic E-state index is 12.7. The molecule has 7 heteroatoms. The molecule has 30 heavy (non-hydrogen) atoms. The van der Waals surface area contributed by atoms with E-state index in [1.165, 1.54) is 0 Å². The lowest BCUT2D eigenvalue weighted by Crippen LogP contribution is -2.20. The SMILES string of the molecule is O=C(COCc1cc(-c2cccs2)on1)Nc1ccccc1C(=O)c1ccccc1. The highest BCUT2D eigenvalue weighted by Gasteiger charge is 2.15. The van der Waals surface area contributed by atoms with E-state index in [2.05, 4.69) is 10.5 Å². The molecular weight excluding hydrogens is 400 g/mol. The first kappa shape index (κ1) is 19.8. The van der Waals surface area contributed by atoms with Gasteiger partial charge in [-0.3, -0.25) is 9.59 Å². The number of aromatic nitrogens is 1. The minimum Gasteiger partial charge on any atom is -0.365 e. The van der Waals surface area contributed by atoms with Crippen molar-refractivity contribution in [2.45, 2.75) is 6.61 Å². The van der Waals surface area contributed by atoms with Crippen molar-refractivity contribution >= 4 is 28.7 Å². The van der Waals surface area contributed by atoms with Crippen LogP contribution in [0.2, 0.25) is 0 Å². The average Bonchev–Trinajstić information content (AvgIpc) is 3.46. The zero-order chi connectivity index (χ0) is 20.8. The largest absolute Gasteiger partial charge is 0.365 e. The van der Waals surface area contributed by atoms with Crippen LogP contribution in [0.4, 0.5) is 5.69 Å². The summed E-state index contributed by atoms with van der Waals surface area (Å²) in [5.41, 5.74) is 2.03. The number of ether oxygens (including phenoxy) is 1. The predicted molar refractivity (Wildman–Crippen MR) is 114 cm³/mol. The quantitative estimate of drug-likeness (QED) is 0.416. The highest BCUT2D eigenvalue weighted by molar-refractivity contribution is 7.13. The van der Waals surface area contributed by atoms with E-state index in [1.54, 1.807) is 65.9 Å². The van der Waals surface area contributed by atoms with Gasteiger partial charge in [0.05, 0.1) is 17.2 Å². The van der Waals surface area contributed by atoms with Gasteiger partial charge >= 0.3 is 0 Å². The molecule has 0 fully saturated rings. The molecule has 0 atom stereocenters. The predicted octanol–water partition coefficient (Wildman–Crippen LogP) is 4.79. The molecule has 0 saturated heterocycles. The fraction of sp³-hybridized carbons (Fsp3) is 0.0870. The van der Waals surface area contributed by atoms with Gasteiger partial charge in [0.1, 0.15) is 12.3 Å². The molecule has 4 aromatic rings. The van der Waals surface area contributed by atoms with E-state index in [9.17, 15) is 9.59 Å². The van der Waals surface area contributed by atoms with E-state index in [1.807, 2.05) is 23.6 Å². The number of amides is 1. The number of carbonyl (C=O) groups is 2. The van der Waals surface area contributed by atoms with Gasteiger partial charge in [0, 0.05) is 17.2 Å². The van der Waals surface area contributed by atoms with Crippen LogP contribution in [-0.2, 0) is 16.1 Å². The molecule has 0 aliphatic rings. The lowest BCUT2D eigenvalue weighted by Gasteiger charge is -2.10. The number of ketones is 1. The van der Waals surface area contributed by atoms with Crippen LogP contribution >= 0.6 is 11.3 Å². The molecule has 0 spiro atoms. The Morgan fingerprint density at radius 1 is 1.00 bits per heavy atom. The summed E-state index contributed by atoms with van der Waals surface area (Å²) in [6.07, 6.45) is 0. The molecule has 0 radical (unpaired) electrons. The van der Waals surface area contributed by atoms with Gasteiger partial charge in [0.15, 0.2) is 11.5 Å². The first-order valence-electron chi connectivity index (χ1n) is 9.26. The number of hydrogen-bond acceptors (Lipinski definition) is 6. The summed E-state index contributed by atoms with van der Waals surface area (Å²) in [5, 5.41) is 8.66.